The van der Waals surface area contributed by atoms with Gasteiger partial charge in [-0.1, -0.05) is 18.6 Å². The average molecular weight is 272 g/mol. The Morgan fingerprint density at radius 1 is 1.45 bits per heavy atom. The molecule has 6 heteroatoms. The summed E-state index contributed by atoms with van der Waals surface area (Å²) < 4.78 is 1.90. The van der Waals surface area contributed by atoms with E-state index in [0.29, 0.717) is 5.92 Å². The van der Waals surface area contributed by atoms with Gasteiger partial charge in [0.2, 0.25) is 0 Å². The van der Waals surface area contributed by atoms with Crippen molar-refractivity contribution in [1.82, 2.24) is 14.8 Å². The van der Waals surface area contributed by atoms with Crippen molar-refractivity contribution in [2.75, 3.05) is 0 Å². The lowest BCUT2D eigenvalue weighted by Crippen LogP contribution is -2.24. The van der Waals surface area contributed by atoms with Gasteiger partial charge in [0, 0.05) is 25.1 Å². The van der Waals surface area contributed by atoms with Crippen LogP contribution in [0.1, 0.15) is 36.6 Å². The number of rotatable bonds is 4. The third-order valence-corrected chi connectivity index (χ3v) is 4.09. The molecule has 0 amide bonds. The SMILES string of the molecule is Cn1cnnc1[C@H](c1cccc([N+](=O)[O-])c1)C1CCC1. The highest BCUT2D eigenvalue weighted by Gasteiger charge is 2.33. The first-order valence-electron chi connectivity index (χ1n) is 6.75. The summed E-state index contributed by atoms with van der Waals surface area (Å²) in [4.78, 5) is 10.6. The first-order chi connectivity index (χ1) is 9.66. The molecule has 0 unspecified atom stereocenters. The molecule has 1 fully saturated rings. The number of nitrogens with zero attached hydrogens (tertiary/aromatic N) is 4. The van der Waals surface area contributed by atoms with Crippen LogP contribution in [0.4, 0.5) is 5.69 Å². The van der Waals surface area contributed by atoms with E-state index in [2.05, 4.69) is 10.2 Å². The van der Waals surface area contributed by atoms with E-state index in [1.54, 1.807) is 18.5 Å². The van der Waals surface area contributed by atoms with Crippen molar-refractivity contribution in [3.63, 3.8) is 0 Å². The molecule has 1 aliphatic rings. The second kappa shape index (κ2) is 5.03. The number of hydrogen-bond acceptors (Lipinski definition) is 4. The van der Waals surface area contributed by atoms with Crippen LogP contribution in [0.3, 0.4) is 0 Å². The van der Waals surface area contributed by atoms with Gasteiger partial charge in [0.15, 0.2) is 0 Å². The van der Waals surface area contributed by atoms with Crippen LogP contribution in [0.25, 0.3) is 0 Å². The van der Waals surface area contributed by atoms with Gasteiger partial charge in [-0.15, -0.1) is 10.2 Å². The fourth-order valence-electron chi connectivity index (χ4n) is 2.81. The standard InChI is InChI=1S/C14H16N4O2/c1-17-9-15-16-14(17)13(10-4-2-5-10)11-6-3-7-12(8-11)18(19)20/h3,6-10,13H,2,4-5H2,1H3/t13-/m0/s1. The number of nitro benzene ring substituents is 1. The Morgan fingerprint density at radius 3 is 2.80 bits per heavy atom. The predicted octanol–water partition coefficient (Wildman–Crippen LogP) is 2.66. The monoisotopic (exact) mass is 272 g/mol. The lowest BCUT2D eigenvalue weighted by Gasteiger charge is -2.33. The Morgan fingerprint density at radius 2 is 2.25 bits per heavy atom. The van der Waals surface area contributed by atoms with Crippen molar-refractivity contribution in [3.8, 4) is 0 Å². The maximum atomic E-state index is 11.0. The number of hydrogen-bond donors (Lipinski definition) is 0. The summed E-state index contributed by atoms with van der Waals surface area (Å²) in [7, 11) is 1.92. The van der Waals surface area contributed by atoms with Crippen LogP contribution >= 0.6 is 0 Å². The van der Waals surface area contributed by atoms with Crippen LogP contribution in [0.5, 0.6) is 0 Å². The zero-order valence-corrected chi connectivity index (χ0v) is 11.3. The highest BCUT2D eigenvalue weighted by atomic mass is 16.6. The molecule has 20 heavy (non-hydrogen) atoms. The van der Waals surface area contributed by atoms with Crippen LogP contribution < -0.4 is 0 Å². The number of aryl methyl sites for hydroxylation is 1. The summed E-state index contributed by atoms with van der Waals surface area (Å²) in [6.07, 6.45) is 5.17. The Labute approximate surface area is 116 Å². The van der Waals surface area contributed by atoms with Crippen LogP contribution in [0.2, 0.25) is 0 Å². The van der Waals surface area contributed by atoms with Gasteiger partial charge < -0.3 is 4.57 Å². The molecule has 1 atom stereocenters. The van der Waals surface area contributed by atoms with Crippen molar-refractivity contribution in [1.29, 1.82) is 0 Å². The largest absolute Gasteiger partial charge is 0.320 e. The van der Waals surface area contributed by atoms with Crippen LogP contribution in [-0.4, -0.2) is 19.7 Å². The molecule has 1 aromatic heterocycles. The third-order valence-electron chi connectivity index (χ3n) is 4.09. The smallest absolute Gasteiger partial charge is 0.269 e. The molecule has 1 saturated carbocycles. The van der Waals surface area contributed by atoms with Gasteiger partial charge in [0.25, 0.3) is 5.69 Å². The summed E-state index contributed by atoms with van der Waals surface area (Å²) in [6.45, 7) is 0. The number of nitro groups is 1. The molecule has 0 bridgehead atoms. The molecule has 0 saturated heterocycles. The van der Waals surface area contributed by atoms with E-state index < -0.39 is 0 Å². The van der Waals surface area contributed by atoms with Crippen LogP contribution in [0.15, 0.2) is 30.6 Å². The minimum absolute atomic E-state index is 0.0937. The number of non-ortho nitro benzene ring substituents is 1. The number of benzene rings is 1. The zero-order valence-electron chi connectivity index (χ0n) is 11.3. The van der Waals surface area contributed by atoms with E-state index in [9.17, 15) is 10.1 Å². The molecule has 2 aromatic rings. The first kappa shape index (κ1) is 12.8. The van der Waals surface area contributed by atoms with E-state index in [-0.39, 0.29) is 16.5 Å². The van der Waals surface area contributed by atoms with Crippen molar-refractivity contribution >= 4 is 5.69 Å². The maximum Gasteiger partial charge on any atom is 0.269 e. The fraction of sp³-hybridized carbons (Fsp3) is 0.429. The molecule has 104 valence electrons. The summed E-state index contributed by atoms with van der Waals surface area (Å²) in [5.74, 6) is 1.48. The molecular formula is C14H16N4O2. The minimum Gasteiger partial charge on any atom is -0.320 e. The minimum atomic E-state index is -0.349. The normalized spacial score (nSPS) is 16.6. The molecule has 1 aliphatic carbocycles. The van der Waals surface area contributed by atoms with Gasteiger partial charge in [-0.2, -0.15) is 0 Å². The first-order valence-corrected chi connectivity index (χ1v) is 6.75. The highest BCUT2D eigenvalue weighted by Crippen LogP contribution is 2.42. The van der Waals surface area contributed by atoms with Crippen molar-refractivity contribution in [2.24, 2.45) is 13.0 Å². The molecular weight excluding hydrogens is 256 g/mol. The Hall–Kier alpha value is -2.24. The molecule has 0 radical (unpaired) electrons. The molecule has 0 N–H and O–H groups in total. The summed E-state index contributed by atoms with van der Waals surface area (Å²) in [5.41, 5.74) is 1.09. The van der Waals surface area contributed by atoms with E-state index in [4.69, 9.17) is 0 Å². The summed E-state index contributed by atoms with van der Waals surface area (Å²) >= 11 is 0. The van der Waals surface area contributed by atoms with E-state index in [1.807, 2.05) is 17.7 Å². The summed E-state index contributed by atoms with van der Waals surface area (Å²) in [6, 6.07) is 6.88. The average Bonchev–Trinajstić information content (AvgIpc) is 2.79. The van der Waals surface area contributed by atoms with Crippen molar-refractivity contribution < 1.29 is 4.92 Å². The van der Waals surface area contributed by atoms with Crippen LogP contribution in [-0.2, 0) is 7.05 Å². The van der Waals surface area contributed by atoms with Gasteiger partial charge in [0.05, 0.1) is 4.92 Å². The number of aromatic nitrogens is 3. The van der Waals surface area contributed by atoms with Gasteiger partial charge in [-0.3, -0.25) is 10.1 Å². The lowest BCUT2D eigenvalue weighted by atomic mass is 9.72. The summed E-state index contributed by atoms with van der Waals surface area (Å²) in [5, 5.41) is 19.1. The van der Waals surface area contributed by atoms with E-state index in [1.165, 1.54) is 12.5 Å². The highest BCUT2D eigenvalue weighted by molar-refractivity contribution is 5.38. The molecule has 0 spiro atoms. The molecule has 0 aliphatic heterocycles. The Balaban J connectivity index is 2.03. The fourth-order valence-corrected chi connectivity index (χ4v) is 2.81. The van der Waals surface area contributed by atoms with Crippen molar-refractivity contribution in [3.05, 3.63) is 52.1 Å². The van der Waals surface area contributed by atoms with Crippen LogP contribution in [0, 0.1) is 16.0 Å². The van der Waals surface area contributed by atoms with Gasteiger partial charge in [-0.05, 0) is 24.3 Å². The van der Waals surface area contributed by atoms with Gasteiger partial charge >= 0.3 is 0 Å². The van der Waals surface area contributed by atoms with E-state index in [0.717, 1.165) is 24.2 Å². The second-order valence-electron chi connectivity index (χ2n) is 5.32. The zero-order chi connectivity index (χ0) is 14.1. The Bertz CT molecular complexity index is 634. The lowest BCUT2D eigenvalue weighted by molar-refractivity contribution is -0.384. The third kappa shape index (κ3) is 2.17. The Kier molecular flexibility index (Phi) is 3.22. The second-order valence-corrected chi connectivity index (χ2v) is 5.32. The van der Waals surface area contributed by atoms with Gasteiger partial charge in [0.1, 0.15) is 12.2 Å². The quantitative estimate of drug-likeness (QED) is 0.633. The van der Waals surface area contributed by atoms with Gasteiger partial charge in [-0.25, -0.2) is 0 Å². The maximum absolute atomic E-state index is 11.0. The predicted molar refractivity (Wildman–Crippen MR) is 73.3 cm³/mol. The topological polar surface area (TPSA) is 73.8 Å². The van der Waals surface area contributed by atoms with Crippen molar-refractivity contribution in [2.45, 2.75) is 25.2 Å². The molecule has 3 rings (SSSR count). The van der Waals surface area contributed by atoms with E-state index >= 15 is 0 Å². The molecule has 1 aromatic carbocycles. The molecule has 6 nitrogen and oxygen atoms in total. The molecule has 1 heterocycles.